The lowest BCUT2D eigenvalue weighted by molar-refractivity contribution is 1.18. The molecule has 6 aromatic rings. The Kier molecular flexibility index (Phi) is 4.88. The zero-order valence-electron chi connectivity index (χ0n) is 18.8. The van der Waals surface area contributed by atoms with E-state index >= 15 is 0 Å². The van der Waals surface area contributed by atoms with Crippen molar-refractivity contribution in [1.82, 2.24) is 4.57 Å². The van der Waals surface area contributed by atoms with Crippen LogP contribution in [-0.2, 0) is 0 Å². The fourth-order valence-corrected chi connectivity index (χ4v) is 4.95. The van der Waals surface area contributed by atoms with Crippen LogP contribution < -0.4 is 0 Å². The summed E-state index contributed by atoms with van der Waals surface area (Å²) in [5, 5.41) is 12.0. The highest BCUT2D eigenvalue weighted by atomic mass is 15.0. The lowest BCUT2D eigenvalue weighted by atomic mass is 9.96. The van der Waals surface area contributed by atoms with E-state index in [-0.39, 0.29) is 0 Å². The van der Waals surface area contributed by atoms with Crippen LogP contribution in [0.15, 0.2) is 115 Å². The van der Waals surface area contributed by atoms with Crippen LogP contribution >= 0.6 is 0 Å². The molecule has 35 heavy (non-hydrogen) atoms. The smallest absolute Gasteiger partial charge is 0.196 e. The molecule has 0 N–H and O–H groups in total. The number of nitriles is 1. The van der Waals surface area contributed by atoms with Gasteiger partial charge in [0.25, 0.3) is 0 Å². The highest BCUT2D eigenvalue weighted by Crippen LogP contribution is 2.41. The molecule has 0 aliphatic rings. The minimum absolute atomic E-state index is 0.486. The highest BCUT2D eigenvalue weighted by Gasteiger charge is 2.18. The maximum Gasteiger partial charge on any atom is 0.196 e. The first kappa shape index (κ1) is 20.5. The summed E-state index contributed by atoms with van der Waals surface area (Å²) in [6.45, 7) is 7.65. The van der Waals surface area contributed by atoms with Crippen molar-refractivity contribution in [2.45, 2.75) is 0 Å². The molecule has 162 valence electrons. The number of fused-ring (bicyclic) bond motifs is 3. The van der Waals surface area contributed by atoms with Gasteiger partial charge in [-0.25, -0.2) is 4.85 Å². The largest absolute Gasteiger partial charge is 0.309 e. The van der Waals surface area contributed by atoms with Crippen molar-refractivity contribution >= 4 is 27.5 Å². The van der Waals surface area contributed by atoms with Gasteiger partial charge in [-0.05, 0) is 41.5 Å². The summed E-state index contributed by atoms with van der Waals surface area (Å²) in [5.74, 6) is 0. The maximum absolute atomic E-state index is 9.74. The fraction of sp³-hybridized carbons (Fsp3) is 0. The molecule has 3 nitrogen and oxygen atoms in total. The molecule has 0 atom stereocenters. The van der Waals surface area contributed by atoms with Gasteiger partial charge in [0.15, 0.2) is 5.69 Å². The Morgan fingerprint density at radius 3 is 2.17 bits per heavy atom. The number of hydrogen-bond acceptors (Lipinski definition) is 1. The van der Waals surface area contributed by atoms with E-state index in [1.54, 1.807) is 18.2 Å². The third kappa shape index (κ3) is 3.27. The quantitative estimate of drug-likeness (QED) is 0.251. The Hall–Kier alpha value is -5.12. The Bertz CT molecular complexity index is 1770. The number of hydrogen-bond donors (Lipinski definition) is 0. The van der Waals surface area contributed by atoms with E-state index in [2.05, 4.69) is 94.3 Å². The second kappa shape index (κ2) is 8.34. The van der Waals surface area contributed by atoms with Gasteiger partial charge < -0.3 is 4.57 Å². The Balaban J connectivity index is 1.74. The topological polar surface area (TPSA) is 33.1 Å². The molecule has 0 aliphatic heterocycles. The summed E-state index contributed by atoms with van der Waals surface area (Å²) in [5.41, 5.74) is 8.17. The van der Waals surface area contributed by atoms with Crippen LogP contribution in [0.2, 0.25) is 0 Å². The first-order valence-electron chi connectivity index (χ1n) is 11.4. The summed E-state index contributed by atoms with van der Waals surface area (Å²) in [7, 11) is 0. The lowest BCUT2D eigenvalue weighted by Crippen LogP contribution is -1.95. The third-order valence-corrected chi connectivity index (χ3v) is 6.46. The van der Waals surface area contributed by atoms with Crippen LogP contribution in [0.1, 0.15) is 5.56 Å². The number of benzene rings is 5. The van der Waals surface area contributed by atoms with Crippen molar-refractivity contribution in [3.63, 3.8) is 0 Å². The summed E-state index contributed by atoms with van der Waals surface area (Å²) in [6.07, 6.45) is 0. The van der Waals surface area contributed by atoms with Crippen LogP contribution in [0, 0.1) is 17.9 Å². The summed E-state index contributed by atoms with van der Waals surface area (Å²) >= 11 is 0. The lowest BCUT2D eigenvalue weighted by Gasteiger charge is -2.12. The molecular formula is C32H19N3. The zero-order valence-corrected chi connectivity index (χ0v) is 18.8. The van der Waals surface area contributed by atoms with E-state index in [4.69, 9.17) is 6.57 Å². The molecule has 0 saturated carbocycles. The van der Waals surface area contributed by atoms with E-state index in [0.29, 0.717) is 16.8 Å². The van der Waals surface area contributed by atoms with Crippen molar-refractivity contribution in [3.8, 4) is 34.0 Å². The normalized spacial score (nSPS) is 10.8. The van der Waals surface area contributed by atoms with Gasteiger partial charge in [0.2, 0.25) is 0 Å². The molecule has 3 heteroatoms. The van der Waals surface area contributed by atoms with Crippen LogP contribution in [-0.4, -0.2) is 4.57 Å². The molecule has 0 spiro atoms. The Labute approximate surface area is 203 Å². The standard InChI is InChI=1S/C32H19N3/c1-34-29-17-8-12-24(21-33)31(29)23-18-19-30-28(20-23)27-16-9-15-26(22-10-4-2-5-11-22)32(27)35(30)25-13-6-3-7-14-25/h2-20H. The SMILES string of the molecule is [C-]#[N+]c1cccc(C#N)c1-c1ccc2c(c1)c1cccc(-c3ccccc3)c1n2-c1ccccc1. The van der Waals surface area contributed by atoms with Crippen molar-refractivity contribution in [1.29, 1.82) is 5.26 Å². The summed E-state index contributed by atoms with van der Waals surface area (Å²) < 4.78 is 2.31. The van der Waals surface area contributed by atoms with E-state index in [9.17, 15) is 5.26 Å². The van der Waals surface area contributed by atoms with Gasteiger partial charge in [0.1, 0.15) is 0 Å². The van der Waals surface area contributed by atoms with Gasteiger partial charge in [-0.3, -0.25) is 0 Å². The molecule has 0 bridgehead atoms. The summed E-state index contributed by atoms with van der Waals surface area (Å²) in [4.78, 5) is 3.70. The molecule has 1 heterocycles. The second-order valence-corrected chi connectivity index (χ2v) is 8.39. The van der Waals surface area contributed by atoms with Crippen LogP contribution in [0.3, 0.4) is 0 Å². The van der Waals surface area contributed by atoms with E-state index in [1.165, 1.54) is 0 Å². The molecule has 0 aliphatic carbocycles. The predicted octanol–water partition coefficient (Wildman–Crippen LogP) is 8.54. The van der Waals surface area contributed by atoms with Gasteiger partial charge in [0.05, 0.1) is 23.7 Å². The number of rotatable bonds is 3. The van der Waals surface area contributed by atoms with Crippen molar-refractivity contribution in [2.24, 2.45) is 0 Å². The van der Waals surface area contributed by atoms with Gasteiger partial charge >= 0.3 is 0 Å². The minimum atomic E-state index is 0.486. The average Bonchev–Trinajstić information content (AvgIpc) is 3.27. The minimum Gasteiger partial charge on any atom is -0.309 e. The molecule has 0 saturated heterocycles. The molecule has 0 fully saturated rings. The molecule has 1 aromatic heterocycles. The van der Waals surface area contributed by atoms with Crippen molar-refractivity contribution in [3.05, 3.63) is 132 Å². The van der Waals surface area contributed by atoms with E-state index < -0.39 is 0 Å². The van der Waals surface area contributed by atoms with Crippen LogP contribution in [0.5, 0.6) is 0 Å². The van der Waals surface area contributed by atoms with E-state index in [1.807, 2.05) is 18.2 Å². The zero-order chi connectivity index (χ0) is 23.8. The number of para-hydroxylation sites is 2. The second-order valence-electron chi connectivity index (χ2n) is 8.39. The molecule has 5 aromatic carbocycles. The highest BCUT2D eigenvalue weighted by molar-refractivity contribution is 6.15. The Morgan fingerprint density at radius 2 is 1.43 bits per heavy atom. The first-order valence-corrected chi connectivity index (χ1v) is 11.4. The number of aromatic nitrogens is 1. The molecule has 0 unspecified atom stereocenters. The molecule has 6 rings (SSSR count). The molecule has 0 radical (unpaired) electrons. The van der Waals surface area contributed by atoms with Crippen molar-refractivity contribution in [2.75, 3.05) is 0 Å². The fourth-order valence-electron chi connectivity index (χ4n) is 4.95. The van der Waals surface area contributed by atoms with Crippen molar-refractivity contribution < 1.29 is 0 Å². The van der Waals surface area contributed by atoms with E-state index in [0.717, 1.165) is 44.2 Å². The van der Waals surface area contributed by atoms with Gasteiger partial charge in [0, 0.05) is 33.2 Å². The van der Waals surface area contributed by atoms with Crippen LogP contribution in [0.4, 0.5) is 5.69 Å². The third-order valence-electron chi connectivity index (χ3n) is 6.46. The van der Waals surface area contributed by atoms with Gasteiger partial charge in [-0.2, -0.15) is 5.26 Å². The Morgan fingerprint density at radius 1 is 0.686 bits per heavy atom. The van der Waals surface area contributed by atoms with Gasteiger partial charge in [-0.15, -0.1) is 0 Å². The predicted molar refractivity (Wildman–Crippen MR) is 143 cm³/mol. The van der Waals surface area contributed by atoms with Gasteiger partial charge in [-0.1, -0.05) is 84.9 Å². The molecular weight excluding hydrogens is 426 g/mol. The van der Waals surface area contributed by atoms with Crippen LogP contribution in [0.25, 0.3) is 54.6 Å². The average molecular weight is 446 g/mol. The maximum atomic E-state index is 9.74. The molecule has 0 amide bonds. The summed E-state index contributed by atoms with van der Waals surface area (Å²) in [6, 6.07) is 41.0. The monoisotopic (exact) mass is 445 g/mol. The number of nitrogens with zero attached hydrogens (tertiary/aromatic N) is 3. The first-order chi connectivity index (χ1) is 17.3.